The third-order valence-electron chi connectivity index (χ3n) is 4.53. The van der Waals surface area contributed by atoms with E-state index >= 15 is 0 Å². The van der Waals surface area contributed by atoms with Crippen LogP contribution in [0, 0.1) is 5.41 Å². The zero-order valence-electron chi connectivity index (χ0n) is 10.8. The van der Waals surface area contributed by atoms with Crippen LogP contribution in [0.2, 0.25) is 5.02 Å². The summed E-state index contributed by atoms with van der Waals surface area (Å²) in [5, 5.41) is 0.827. The van der Waals surface area contributed by atoms with Gasteiger partial charge in [0.25, 0.3) is 0 Å². The lowest BCUT2D eigenvalue weighted by molar-refractivity contribution is 0.180. The van der Waals surface area contributed by atoms with E-state index in [9.17, 15) is 0 Å². The zero-order valence-corrected chi connectivity index (χ0v) is 11.5. The number of nitrogens with zero attached hydrogens (tertiary/aromatic N) is 1. The van der Waals surface area contributed by atoms with Gasteiger partial charge in [-0.3, -0.25) is 0 Å². The molecule has 0 bridgehead atoms. The summed E-state index contributed by atoms with van der Waals surface area (Å²) in [4.78, 5) is 2.39. The van der Waals surface area contributed by atoms with E-state index in [1.807, 2.05) is 18.2 Å². The molecule has 0 unspecified atom stereocenters. The number of nitrogens with two attached hydrogens (primary N) is 1. The van der Waals surface area contributed by atoms with Crippen molar-refractivity contribution in [2.75, 3.05) is 23.7 Å². The van der Waals surface area contributed by atoms with Gasteiger partial charge in [-0.15, -0.1) is 0 Å². The molecule has 1 aromatic rings. The number of benzene rings is 1. The fourth-order valence-electron chi connectivity index (χ4n) is 3.50. The van der Waals surface area contributed by atoms with Crippen LogP contribution in [0.15, 0.2) is 18.2 Å². The van der Waals surface area contributed by atoms with Gasteiger partial charge in [0.05, 0.1) is 10.7 Å². The molecule has 2 N–H and O–H groups in total. The molecule has 18 heavy (non-hydrogen) atoms. The van der Waals surface area contributed by atoms with Gasteiger partial charge in [-0.25, -0.2) is 0 Å². The lowest BCUT2D eigenvalue weighted by Gasteiger charge is -2.52. The first-order valence-corrected chi connectivity index (χ1v) is 7.36. The fourth-order valence-corrected chi connectivity index (χ4v) is 3.74. The summed E-state index contributed by atoms with van der Waals surface area (Å²) in [5.41, 5.74) is 8.35. The topological polar surface area (TPSA) is 29.3 Å². The molecule has 1 aromatic carbocycles. The molecule has 1 aliphatic carbocycles. The summed E-state index contributed by atoms with van der Waals surface area (Å²) in [5.74, 6) is 0. The van der Waals surface area contributed by atoms with Crippen LogP contribution in [0.5, 0.6) is 0 Å². The second-order valence-electron chi connectivity index (χ2n) is 5.98. The van der Waals surface area contributed by atoms with Crippen molar-refractivity contribution in [3.8, 4) is 0 Å². The highest BCUT2D eigenvalue weighted by molar-refractivity contribution is 6.33. The van der Waals surface area contributed by atoms with Gasteiger partial charge in [0.2, 0.25) is 0 Å². The van der Waals surface area contributed by atoms with Crippen LogP contribution >= 0.6 is 11.6 Å². The molecule has 2 fully saturated rings. The Morgan fingerprint density at radius 1 is 1.06 bits per heavy atom. The van der Waals surface area contributed by atoms with Crippen LogP contribution in [0.1, 0.15) is 38.5 Å². The van der Waals surface area contributed by atoms with Crippen LogP contribution in [-0.2, 0) is 0 Å². The van der Waals surface area contributed by atoms with E-state index in [1.165, 1.54) is 38.5 Å². The minimum absolute atomic E-state index is 0.574. The molecular formula is C15H21ClN2. The zero-order chi connectivity index (χ0) is 12.6. The van der Waals surface area contributed by atoms with Crippen molar-refractivity contribution in [1.29, 1.82) is 0 Å². The highest BCUT2D eigenvalue weighted by Crippen LogP contribution is 2.46. The Bertz CT molecular complexity index is 428. The summed E-state index contributed by atoms with van der Waals surface area (Å²) in [6.45, 7) is 2.33. The predicted octanol–water partition coefficient (Wildman–Crippen LogP) is 4.08. The lowest BCUT2D eigenvalue weighted by Crippen LogP contribution is -2.56. The molecular weight excluding hydrogens is 244 g/mol. The molecule has 1 saturated heterocycles. The highest BCUT2D eigenvalue weighted by Gasteiger charge is 2.43. The van der Waals surface area contributed by atoms with Crippen molar-refractivity contribution >= 4 is 23.0 Å². The summed E-state index contributed by atoms with van der Waals surface area (Å²) in [6, 6.07) is 5.78. The highest BCUT2D eigenvalue weighted by atomic mass is 35.5. The molecule has 0 atom stereocenters. The smallest absolute Gasteiger partial charge is 0.0641 e. The van der Waals surface area contributed by atoms with Crippen molar-refractivity contribution in [2.24, 2.45) is 5.41 Å². The third-order valence-corrected chi connectivity index (χ3v) is 4.85. The Hall–Kier alpha value is -0.890. The Kier molecular flexibility index (Phi) is 3.14. The minimum atomic E-state index is 0.574. The summed E-state index contributed by atoms with van der Waals surface area (Å²) in [7, 11) is 0. The van der Waals surface area contributed by atoms with E-state index in [0.717, 1.165) is 29.5 Å². The van der Waals surface area contributed by atoms with Crippen LogP contribution < -0.4 is 10.6 Å². The molecule has 2 nitrogen and oxygen atoms in total. The molecule has 3 heteroatoms. The summed E-state index contributed by atoms with van der Waals surface area (Å²) in [6.07, 6.45) is 8.42. The number of rotatable bonds is 1. The monoisotopic (exact) mass is 264 g/mol. The largest absolute Gasteiger partial charge is 0.399 e. The average Bonchev–Trinajstić information content (AvgIpc) is 2.56. The molecule has 0 amide bonds. The Morgan fingerprint density at radius 3 is 2.39 bits per heavy atom. The van der Waals surface area contributed by atoms with E-state index in [-0.39, 0.29) is 0 Å². The number of halogens is 1. The van der Waals surface area contributed by atoms with E-state index in [0.29, 0.717) is 5.41 Å². The van der Waals surface area contributed by atoms with Crippen molar-refractivity contribution in [1.82, 2.24) is 0 Å². The van der Waals surface area contributed by atoms with Crippen molar-refractivity contribution < 1.29 is 0 Å². The lowest BCUT2D eigenvalue weighted by atomic mass is 9.73. The number of hydrogen-bond donors (Lipinski definition) is 1. The molecule has 1 spiro atoms. The number of hydrogen-bond acceptors (Lipinski definition) is 2. The first kappa shape index (κ1) is 12.2. The molecule has 0 radical (unpaired) electrons. The Labute approximate surface area is 114 Å². The van der Waals surface area contributed by atoms with Gasteiger partial charge in [0, 0.05) is 24.2 Å². The Balaban J connectivity index is 1.72. The van der Waals surface area contributed by atoms with Gasteiger partial charge < -0.3 is 10.6 Å². The van der Waals surface area contributed by atoms with Crippen LogP contribution in [0.25, 0.3) is 0 Å². The normalized spacial score (nSPS) is 22.6. The maximum atomic E-state index is 6.27. The molecule has 1 heterocycles. The van der Waals surface area contributed by atoms with E-state index in [4.69, 9.17) is 17.3 Å². The van der Waals surface area contributed by atoms with Gasteiger partial charge in [-0.1, -0.05) is 37.3 Å². The molecule has 1 saturated carbocycles. The van der Waals surface area contributed by atoms with E-state index < -0.39 is 0 Å². The van der Waals surface area contributed by atoms with Gasteiger partial charge >= 0.3 is 0 Å². The van der Waals surface area contributed by atoms with Gasteiger partial charge in [-0.05, 0) is 31.0 Å². The van der Waals surface area contributed by atoms with Crippen molar-refractivity contribution in [3.63, 3.8) is 0 Å². The minimum Gasteiger partial charge on any atom is -0.399 e. The predicted molar refractivity (Wildman–Crippen MR) is 78.2 cm³/mol. The van der Waals surface area contributed by atoms with Crippen molar-refractivity contribution in [3.05, 3.63) is 23.2 Å². The first-order valence-electron chi connectivity index (χ1n) is 6.99. The first-order chi connectivity index (χ1) is 8.69. The third kappa shape index (κ3) is 2.18. The molecule has 98 valence electrons. The number of nitrogen functional groups attached to an aromatic ring is 1. The second kappa shape index (κ2) is 4.65. The number of anilines is 2. The van der Waals surface area contributed by atoms with E-state index in [2.05, 4.69) is 4.90 Å². The quantitative estimate of drug-likeness (QED) is 0.775. The SMILES string of the molecule is Nc1ccc(Cl)c(N2CC3(CCCCCC3)C2)c1. The average molecular weight is 265 g/mol. The molecule has 2 aliphatic rings. The van der Waals surface area contributed by atoms with Crippen LogP contribution in [-0.4, -0.2) is 13.1 Å². The van der Waals surface area contributed by atoms with E-state index in [1.54, 1.807) is 0 Å². The molecule has 1 aliphatic heterocycles. The summed E-state index contributed by atoms with van der Waals surface area (Å²) < 4.78 is 0. The summed E-state index contributed by atoms with van der Waals surface area (Å²) >= 11 is 6.27. The fraction of sp³-hybridized carbons (Fsp3) is 0.600. The van der Waals surface area contributed by atoms with Crippen molar-refractivity contribution in [2.45, 2.75) is 38.5 Å². The van der Waals surface area contributed by atoms with Crippen LogP contribution in [0.4, 0.5) is 11.4 Å². The maximum absolute atomic E-state index is 6.27. The maximum Gasteiger partial charge on any atom is 0.0641 e. The molecule has 0 aromatic heterocycles. The van der Waals surface area contributed by atoms with Gasteiger partial charge in [0.1, 0.15) is 0 Å². The van der Waals surface area contributed by atoms with Gasteiger partial charge in [-0.2, -0.15) is 0 Å². The van der Waals surface area contributed by atoms with Crippen LogP contribution in [0.3, 0.4) is 0 Å². The standard InChI is InChI=1S/C15H21ClN2/c16-13-6-5-12(17)9-14(13)18-10-15(11-18)7-3-1-2-4-8-15/h5-6,9H,1-4,7-8,10-11,17H2. The van der Waals surface area contributed by atoms with Gasteiger partial charge in [0.15, 0.2) is 0 Å². The Morgan fingerprint density at radius 2 is 1.72 bits per heavy atom. The second-order valence-corrected chi connectivity index (χ2v) is 6.39. The molecule has 3 rings (SSSR count).